The average molecular weight is 244 g/mol. The summed E-state index contributed by atoms with van der Waals surface area (Å²) in [5.41, 5.74) is 0. The fourth-order valence-corrected chi connectivity index (χ4v) is 1.62. The molecule has 96 valence electrons. The quantitative estimate of drug-likeness (QED) is 0.694. The van der Waals surface area contributed by atoms with Gasteiger partial charge in [0.1, 0.15) is 6.61 Å². The molecule has 1 saturated heterocycles. The van der Waals surface area contributed by atoms with Crippen LogP contribution in [0.15, 0.2) is 0 Å². The Bertz CT molecular complexity index is 318. The van der Waals surface area contributed by atoms with E-state index in [-0.39, 0.29) is 26.2 Å². The van der Waals surface area contributed by atoms with Crippen molar-refractivity contribution in [3.05, 3.63) is 0 Å². The van der Waals surface area contributed by atoms with Gasteiger partial charge in [0.05, 0.1) is 19.6 Å². The molecule has 0 radical (unpaired) electrons. The van der Waals surface area contributed by atoms with Crippen molar-refractivity contribution in [2.75, 3.05) is 32.8 Å². The molecule has 0 bridgehead atoms. The lowest BCUT2D eigenvalue weighted by Crippen LogP contribution is -2.42. The molecule has 0 atom stereocenters. The summed E-state index contributed by atoms with van der Waals surface area (Å²) < 4.78 is 4.64. The van der Waals surface area contributed by atoms with Crippen LogP contribution in [0, 0.1) is 0 Å². The number of carbonyl (C=O) groups is 3. The molecule has 0 aromatic carbocycles. The molecule has 0 aromatic heterocycles. The summed E-state index contributed by atoms with van der Waals surface area (Å²) in [7, 11) is 0. The standard InChI is InChI=1S/C10H16N2O5/c1-2-3-11(7-9(14)15)6-8(13)12-4-5-17-10(12)16/h2-7H2,1H3,(H,14,15). The fraction of sp³-hybridized carbons (Fsp3) is 0.700. The van der Waals surface area contributed by atoms with Gasteiger partial charge < -0.3 is 9.84 Å². The summed E-state index contributed by atoms with van der Waals surface area (Å²) in [4.78, 5) is 35.9. The van der Waals surface area contributed by atoms with E-state index in [1.807, 2.05) is 6.92 Å². The van der Waals surface area contributed by atoms with Gasteiger partial charge >= 0.3 is 12.1 Å². The van der Waals surface area contributed by atoms with Crippen molar-refractivity contribution in [2.24, 2.45) is 0 Å². The van der Waals surface area contributed by atoms with E-state index in [1.54, 1.807) is 0 Å². The van der Waals surface area contributed by atoms with Gasteiger partial charge in [-0.05, 0) is 13.0 Å². The van der Waals surface area contributed by atoms with Gasteiger partial charge in [-0.3, -0.25) is 14.5 Å². The Kier molecular flexibility index (Phi) is 4.89. The molecule has 1 heterocycles. The number of amides is 2. The monoisotopic (exact) mass is 244 g/mol. The zero-order valence-electron chi connectivity index (χ0n) is 9.72. The molecule has 17 heavy (non-hydrogen) atoms. The van der Waals surface area contributed by atoms with Crippen LogP contribution in [0.2, 0.25) is 0 Å². The third kappa shape index (κ3) is 4.03. The molecule has 0 unspecified atom stereocenters. The highest BCUT2D eigenvalue weighted by Crippen LogP contribution is 2.05. The second-order valence-corrected chi connectivity index (χ2v) is 3.76. The number of hydrogen-bond donors (Lipinski definition) is 1. The lowest BCUT2D eigenvalue weighted by atomic mass is 10.3. The molecule has 7 heteroatoms. The Morgan fingerprint density at radius 3 is 2.65 bits per heavy atom. The number of carboxylic acids is 1. The normalized spacial score (nSPS) is 15.2. The first-order chi connectivity index (χ1) is 8.04. The van der Waals surface area contributed by atoms with Crippen molar-refractivity contribution in [1.82, 2.24) is 9.80 Å². The van der Waals surface area contributed by atoms with Crippen LogP contribution in [-0.4, -0.2) is 65.7 Å². The summed E-state index contributed by atoms with van der Waals surface area (Å²) in [6, 6.07) is 0. The molecule has 0 aliphatic carbocycles. The molecular weight excluding hydrogens is 228 g/mol. The van der Waals surface area contributed by atoms with Crippen LogP contribution >= 0.6 is 0 Å². The molecule has 0 spiro atoms. The van der Waals surface area contributed by atoms with Gasteiger partial charge in [-0.15, -0.1) is 0 Å². The zero-order chi connectivity index (χ0) is 12.8. The van der Waals surface area contributed by atoms with Crippen LogP contribution in [0.4, 0.5) is 4.79 Å². The van der Waals surface area contributed by atoms with Crippen LogP contribution < -0.4 is 0 Å². The molecule has 1 fully saturated rings. The van der Waals surface area contributed by atoms with Crippen LogP contribution in [0.25, 0.3) is 0 Å². The topological polar surface area (TPSA) is 87.2 Å². The molecular formula is C10H16N2O5. The lowest BCUT2D eigenvalue weighted by molar-refractivity contribution is -0.139. The highest BCUT2D eigenvalue weighted by Gasteiger charge is 2.29. The van der Waals surface area contributed by atoms with Crippen molar-refractivity contribution in [1.29, 1.82) is 0 Å². The third-order valence-electron chi connectivity index (χ3n) is 2.32. The van der Waals surface area contributed by atoms with E-state index in [0.717, 1.165) is 11.3 Å². The number of hydrogen-bond acceptors (Lipinski definition) is 5. The molecule has 0 saturated carbocycles. The van der Waals surface area contributed by atoms with Crippen molar-refractivity contribution in [3.8, 4) is 0 Å². The Morgan fingerprint density at radius 1 is 1.47 bits per heavy atom. The summed E-state index contributed by atoms with van der Waals surface area (Å²) >= 11 is 0. The van der Waals surface area contributed by atoms with Crippen LogP contribution in [0.5, 0.6) is 0 Å². The van der Waals surface area contributed by atoms with E-state index in [4.69, 9.17) is 5.11 Å². The van der Waals surface area contributed by atoms with Crippen molar-refractivity contribution in [3.63, 3.8) is 0 Å². The molecule has 1 aliphatic rings. The first kappa shape index (κ1) is 13.4. The zero-order valence-corrected chi connectivity index (χ0v) is 9.72. The predicted molar refractivity (Wildman–Crippen MR) is 57.4 cm³/mol. The van der Waals surface area contributed by atoms with E-state index >= 15 is 0 Å². The highest BCUT2D eigenvalue weighted by atomic mass is 16.6. The predicted octanol–water partition coefficient (Wildman–Crippen LogP) is -0.238. The number of ether oxygens (including phenoxy) is 1. The van der Waals surface area contributed by atoms with Crippen molar-refractivity contribution in [2.45, 2.75) is 13.3 Å². The maximum Gasteiger partial charge on any atom is 0.416 e. The maximum atomic E-state index is 11.7. The number of imide groups is 1. The average Bonchev–Trinajstić information content (AvgIpc) is 2.63. The molecule has 1 N–H and O–H groups in total. The summed E-state index contributed by atoms with van der Waals surface area (Å²) in [5, 5.41) is 8.68. The Morgan fingerprint density at radius 2 is 2.18 bits per heavy atom. The first-order valence-electron chi connectivity index (χ1n) is 5.46. The maximum absolute atomic E-state index is 11.7. The number of carbonyl (C=O) groups excluding carboxylic acids is 2. The summed E-state index contributed by atoms with van der Waals surface area (Å²) in [6.45, 7) is 2.56. The van der Waals surface area contributed by atoms with Gasteiger partial charge in [0.25, 0.3) is 0 Å². The van der Waals surface area contributed by atoms with Gasteiger partial charge in [0.2, 0.25) is 5.91 Å². The van der Waals surface area contributed by atoms with E-state index in [9.17, 15) is 14.4 Å². The molecule has 1 rings (SSSR count). The van der Waals surface area contributed by atoms with Crippen molar-refractivity contribution < 1.29 is 24.2 Å². The van der Waals surface area contributed by atoms with Crippen LogP contribution in [0.3, 0.4) is 0 Å². The number of carboxylic acid groups (broad SMARTS) is 1. The van der Waals surface area contributed by atoms with E-state index in [1.165, 1.54) is 4.90 Å². The molecule has 0 aromatic rings. The summed E-state index contributed by atoms with van der Waals surface area (Å²) in [6.07, 6.45) is 0.0899. The van der Waals surface area contributed by atoms with Gasteiger partial charge in [-0.1, -0.05) is 6.92 Å². The highest BCUT2D eigenvalue weighted by molar-refractivity contribution is 5.94. The van der Waals surface area contributed by atoms with Crippen LogP contribution in [0.1, 0.15) is 13.3 Å². The Balaban J connectivity index is 2.50. The number of nitrogens with zero attached hydrogens (tertiary/aromatic N) is 2. The van der Waals surface area contributed by atoms with Gasteiger partial charge in [-0.2, -0.15) is 0 Å². The Labute approximate surface area is 98.9 Å². The van der Waals surface area contributed by atoms with E-state index in [2.05, 4.69) is 4.74 Å². The van der Waals surface area contributed by atoms with E-state index in [0.29, 0.717) is 6.54 Å². The second kappa shape index (κ2) is 6.19. The van der Waals surface area contributed by atoms with E-state index < -0.39 is 18.0 Å². The SMILES string of the molecule is CCCN(CC(=O)O)CC(=O)N1CCOC1=O. The van der Waals surface area contributed by atoms with Crippen LogP contribution in [-0.2, 0) is 14.3 Å². The lowest BCUT2D eigenvalue weighted by Gasteiger charge is -2.20. The van der Waals surface area contributed by atoms with Gasteiger partial charge in [0, 0.05) is 0 Å². The smallest absolute Gasteiger partial charge is 0.416 e. The number of rotatable bonds is 6. The Hall–Kier alpha value is -1.63. The molecule has 1 aliphatic heterocycles. The first-order valence-corrected chi connectivity index (χ1v) is 5.46. The van der Waals surface area contributed by atoms with Gasteiger partial charge in [-0.25, -0.2) is 9.69 Å². The van der Waals surface area contributed by atoms with Gasteiger partial charge in [0.15, 0.2) is 0 Å². The molecule has 2 amide bonds. The minimum absolute atomic E-state index is 0.0742. The number of aliphatic carboxylic acids is 1. The van der Waals surface area contributed by atoms with Crippen molar-refractivity contribution >= 4 is 18.0 Å². The fourth-order valence-electron chi connectivity index (χ4n) is 1.62. The summed E-state index contributed by atoms with van der Waals surface area (Å²) in [5.74, 6) is -1.41. The molecule has 7 nitrogen and oxygen atoms in total. The third-order valence-corrected chi connectivity index (χ3v) is 2.32. The minimum atomic E-state index is -0.991. The number of cyclic esters (lactones) is 1. The largest absolute Gasteiger partial charge is 0.480 e. The minimum Gasteiger partial charge on any atom is -0.480 e. The second-order valence-electron chi connectivity index (χ2n) is 3.76.